The number of rotatable bonds is 5. The molecule has 8 heteroatoms. The van der Waals surface area contributed by atoms with E-state index in [1.807, 2.05) is 0 Å². The first-order valence-corrected chi connectivity index (χ1v) is 7.33. The normalized spacial score (nSPS) is 10.2. The van der Waals surface area contributed by atoms with E-state index in [0.717, 1.165) is 17.8 Å². The van der Waals surface area contributed by atoms with Crippen molar-refractivity contribution in [3.05, 3.63) is 46.2 Å². The number of carbonyl (C=O) groups excluding carboxylic acids is 2. The van der Waals surface area contributed by atoms with Crippen molar-refractivity contribution in [3.8, 4) is 0 Å². The molecule has 114 valence electrons. The third-order valence-electron chi connectivity index (χ3n) is 2.63. The number of carbonyl (C=O) groups is 2. The summed E-state index contributed by atoms with van der Waals surface area (Å²) in [6.07, 6.45) is 0. The number of nitrogens with zero attached hydrogens (tertiary/aromatic N) is 1. The zero-order valence-electron chi connectivity index (χ0n) is 11.8. The lowest BCUT2D eigenvalue weighted by Crippen LogP contribution is -2.16. The Kier molecular flexibility index (Phi) is 4.95. The summed E-state index contributed by atoms with van der Waals surface area (Å²) in [5, 5.41) is 2.95. The van der Waals surface area contributed by atoms with Crippen LogP contribution in [-0.4, -0.2) is 27.4 Å². The third kappa shape index (κ3) is 4.45. The van der Waals surface area contributed by atoms with Crippen LogP contribution in [0.3, 0.4) is 0 Å². The standard InChI is InChI=1S/C14H14N4O3S/c1-8(19)9-3-2-4-10(5-9)16-13(21)7-22-14-17-11(15)6-12(20)18-14/h2-6H,7H2,1H3,(H,16,21)(H3,15,17,18,20). The Morgan fingerprint density at radius 3 is 2.82 bits per heavy atom. The number of benzene rings is 1. The quantitative estimate of drug-likeness (QED) is 0.434. The first-order valence-electron chi connectivity index (χ1n) is 6.34. The van der Waals surface area contributed by atoms with E-state index in [2.05, 4.69) is 15.3 Å². The molecule has 0 unspecified atom stereocenters. The molecule has 4 N–H and O–H groups in total. The second-order valence-electron chi connectivity index (χ2n) is 4.45. The summed E-state index contributed by atoms with van der Waals surface area (Å²) in [4.78, 5) is 40.8. The minimum Gasteiger partial charge on any atom is -0.383 e. The number of aromatic nitrogens is 2. The second kappa shape index (κ2) is 6.90. The number of aromatic amines is 1. The summed E-state index contributed by atoms with van der Waals surface area (Å²) in [6.45, 7) is 1.46. The molecule has 2 rings (SSSR count). The molecule has 0 aliphatic rings. The van der Waals surface area contributed by atoms with Gasteiger partial charge in [-0.1, -0.05) is 23.9 Å². The van der Waals surface area contributed by atoms with E-state index in [1.54, 1.807) is 24.3 Å². The summed E-state index contributed by atoms with van der Waals surface area (Å²) < 4.78 is 0. The van der Waals surface area contributed by atoms with Crippen LogP contribution < -0.4 is 16.6 Å². The number of anilines is 2. The largest absolute Gasteiger partial charge is 0.383 e. The molecular formula is C14H14N4O3S. The maximum Gasteiger partial charge on any atom is 0.253 e. The predicted molar refractivity (Wildman–Crippen MR) is 85.1 cm³/mol. The van der Waals surface area contributed by atoms with Gasteiger partial charge in [0.25, 0.3) is 5.56 Å². The van der Waals surface area contributed by atoms with Gasteiger partial charge in [0.2, 0.25) is 5.91 Å². The van der Waals surface area contributed by atoms with Gasteiger partial charge in [-0.15, -0.1) is 0 Å². The highest BCUT2D eigenvalue weighted by molar-refractivity contribution is 7.99. The summed E-state index contributed by atoms with van der Waals surface area (Å²) >= 11 is 1.06. The Morgan fingerprint density at radius 1 is 1.36 bits per heavy atom. The lowest BCUT2D eigenvalue weighted by molar-refractivity contribution is -0.113. The monoisotopic (exact) mass is 318 g/mol. The molecule has 0 aliphatic heterocycles. The number of H-pyrrole nitrogens is 1. The fraction of sp³-hybridized carbons (Fsp3) is 0.143. The van der Waals surface area contributed by atoms with Crippen LogP contribution in [0, 0.1) is 0 Å². The van der Waals surface area contributed by atoms with Gasteiger partial charge in [-0.05, 0) is 19.1 Å². The van der Waals surface area contributed by atoms with Crippen LogP contribution in [0.25, 0.3) is 0 Å². The second-order valence-corrected chi connectivity index (χ2v) is 5.41. The predicted octanol–water partition coefficient (Wildman–Crippen LogP) is 1.29. The van der Waals surface area contributed by atoms with Gasteiger partial charge in [-0.3, -0.25) is 14.4 Å². The molecule has 7 nitrogen and oxygen atoms in total. The number of amides is 1. The first-order chi connectivity index (χ1) is 10.4. The Morgan fingerprint density at radius 2 is 2.14 bits per heavy atom. The number of thioether (sulfide) groups is 1. The molecule has 0 radical (unpaired) electrons. The molecule has 1 aromatic heterocycles. The van der Waals surface area contributed by atoms with Crippen LogP contribution in [0.5, 0.6) is 0 Å². The molecule has 0 saturated carbocycles. The lowest BCUT2D eigenvalue weighted by Gasteiger charge is -2.06. The van der Waals surface area contributed by atoms with Gasteiger partial charge in [0.1, 0.15) is 5.82 Å². The highest BCUT2D eigenvalue weighted by Crippen LogP contribution is 2.14. The number of ketones is 1. The van der Waals surface area contributed by atoms with Crippen molar-refractivity contribution in [2.45, 2.75) is 12.1 Å². The molecule has 0 spiro atoms. The van der Waals surface area contributed by atoms with Crippen LogP contribution in [0.4, 0.5) is 11.5 Å². The van der Waals surface area contributed by atoms with Crippen molar-refractivity contribution in [3.63, 3.8) is 0 Å². The van der Waals surface area contributed by atoms with E-state index in [4.69, 9.17) is 5.73 Å². The molecule has 0 aliphatic carbocycles. The van der Waals surface area contributed by atoms with Gasteiger partial charge in [-0.25, -0.2) is 4.98 Å². The summed E-state index contributed by atoms with van der Waals surface area (Å²) in [7, 11) is 0. The van der Waals surface area contributed by atoms with Gasteiger partial charge in [0, 0.05) is 17.3 Å². The molecule has 2 aromatic rings. The van der Waals surface area contributed by atoms with E-state index in [-0.39, 0.29) is 34.0 Å². The van der Waals surface area contributed by atoms with E-state index < -0.39 is 0 Å². The van der Waals surface area contributed by atoms with Crippen molar-refractivity contribution < 1.29 is 9.59 Å². The van der Waals surface area contributed by atoms with Gasteiger partial charge < -0.3 is 16.0 Å². The maximum atomic E-state index is 11.9. The average molecular weight is 318 g/mol. The third-order valence-corrected chi connectivity index (χ3v) is 3.51. The SMILES string of the molecule is CC(=O)c1cccc(NC(=O)CSc2nc(N)cc(=O)[nH]2)c1. The minimum absolute atomic E-state index is 0.0523. The molecule has 1 aromatic carbocycles. The molecule has 0 fully saturated rings. The number of nitrogen functional groups attached to an aromatic ring is 1. The highest BCUT2D eigenvalue weighted by Gasteiger charge is 2.07. The van der Waals surface area contributed by atoms with Gasteiger partial charge in [-0.2, -0.15) is 0 Å². The maximum absolute atomic E-state index is 11.9. The summed E-state index contributed by atoms with van der Waals surface area (Å²) in [5.74, 6) is -0.208. The van der Waals surface area contributed by atoms with Crippen LogP contribution in [0.15, 0.2) is 40.3 Å². The lowest BCUT2D eigenvalue weighted by atomic mass is 10.1. The molecule has 22 heavy (non-hydrogen) atoms. The molecule has 0 bridgehead atoms. The number of hydrogen-bond donors (Lipinski definition) is 3. The zero-order valence-corrected chi connectivity index (χ0v) is 12.6. The van der Waals surface area contributed by atoms with Crippen molar-refractivity contribution in [1.82, 2.24) is 9.97 Å². The number of nitrogens with one attached hydrogen (secondary N) is 2. The average Bonchev–Trinajstić information content (AvgIpc) is 2.44. The first kappa shape index (κ1) is 15.8. The Labute approximate surface area is 130 Å². The molecule has 1 amide bonds. The summed E-state index contributed by atoms with van der Waals surface area (Å²) in [6, 6.07) is 7.82. The fourth-order valence-corrected chi connectivity index (χ4v) is 2.35. The fourth-order valence-electron chi connectivity index (χ4n) is 1.67. The van der Waals surface area contributed by atoms with Gasteiger partial charge >= 0.3 is 0 Å². The van der Waals surface area contributed by atoms with Gasteiger partial charge in [0.05, 0.1) is 5.75 Å². The van der Waals surface area contributed by atoms with E-state index in [0.29, 0.717) is 11.3 Å². The van der Waals surface area contributed by atoms with Crippen molar-refractivity contribution in [2.24, 2.45) is 0 Å². The smallest absolute Gasteiger partial charge is 0.253 e. The number of Topliss-reactive ketones (excluding diaryl/α,β-unsaturated/α-hetero) is 1. The Hall–Kier alpha value is -2.61. The topological polar surface area (TPSA) is 118 Å². The van der Waals surface area contributed by atoms with Gasteiger partial charge in [0.15, 0.2) is 10.9 Å². The van der Waals surface area contributed by atoms with Crippen LogP contribution in [-0.2, 0) is 4.79 Å². The minimum atomic E-state index is -0.371. The Balaban J connectivity index is 1.97. The summed E-state index contributed by atoms with van der Waals surface area (Å²) in [5.41, 5.74) is 6.14. The molecule has 1 heterocycles. The van der Waals surface area contributed by atoms with Crippen molar-refractivity contribution in [2.75, 3.05) is 16.8 Å². The van der Waals surface area contributed by atoms with Crippen LogP contribution in [0.2, 0.25) is 0 Å². The van der Waals surface area contributed by atoms with Crippen molar-refractivity contribution in [1.29, 1.82) is 0 Å². The van der Waals surface area contributed by atoms with E-state index in [1.165, 1.54) is 6.92 Å². The van der Waals surface area contributed by atoms with Crippen LogP contribution >= 0.6 is 11.8 Å². The van der Waals surface area contributed by atoms with Crippen molar-refractivity contribution >= 4 is 35.0 Å². The highest BCUT2D eigenvalue weighted by atomic mass is 32.2. The number of nitrogens with two attached hydrogens (primary N) is 1. The van der Waals surface area contributed by atoms with E-state index >= 15 is 0 Å². The van der Waals surface area contributed by atoms with Crippen LogP contribution in [0.1, 0.15) is 17.3 Å². The molecule has 0 atom stereocenters. The molecule has 0 saturated heterocycles. The number of hydrogen-bond acceptors (Lipinski definition) is 6. The Bertz CT molecular complexity index is 773. The zero-order chi connectivity index (χ0) is 16.1. The van der Waals surface area contributed by atoms with E-state index in [9.17, 15) is 14.4 Å². The molecular weight excluding hydrogens is 304 g/mol.